The normalized spacial score (nSPS) is 17.8. The second-order valence-electron chi connectivity index (χ2n) is 7.86. The van der Waals surface area contributed by atoms with E-state index in [1.54, 1.807) is 0 Å². The zero-order valence-electron chi connectivity index (χ0n) is 17.3. The summed E-state index contributed by atoms with van der Waals surface area (Å²) in [4.78, 5) is 14.2. The zero-order valence-corrected chi connectivity index (χ0v) is 18.9. The molecule has 1 aliphatic rings. The first kappa shape index (κ1) is 21.6. The van der Waals surface area contributed by atoms with E-state index in [0.29, 0.717) is 13.0 Å². The second-order valence-corrected chi connectivity index (χ2v) is 8.77. The molecule has 1 aliphatic heterocycles. The Kier molecular flexibility index (Phi) is 7.05. The number of likely N-dealkylation sites (tertiary alicyclic amines) is 1. The van der Waals surface area contributed by atoms with E-state index in [-0.39, 0.29) is 6.04 Å². The van der Waals surface area contributed by atoms with Gasteiger partial charge in [0.2, 0.25) is 0 Å². The monoisotopic (exact) mass is 479 g/mol. The average Bonchev–Trinajstić information content (AvgIpc) is 2.80. The molecular formula is C26H26BrNO3. The Balaban J connectivity index is 1.74. The third kappa shape index (κ3) is 5.17. The van der Waals surface area contributed by atoms with E-state index in [1.165, 1.54) is 0 Å². The summed E-state index contributed by atoms with van der Waals surface area (Å²) in [5.74, 6) is 0.0217. The number of hydrogen-bond acceptors (Lipinski definition) is 3. The maximum absolute atomic E-state index is 12.1. The van der Waals surface area contributed by atoms with Crippen LogP contribution in [0.25, 0.3) is 0 Å². The van der Waals surface area contributed by atoms with Gasteiger partial charge in [-0.3, -0.25) is 9.69 Å². The van der Waals surface area contributed by atoms with Gasteiger partial charge in [0.1, 0.15) is 18.4 Å². The number of carboxylic acids is 1. The molecule has 0 radical (unpaired) electrons. The molecular weight excluding hydrogens is 454 g/mol. The molecule has 0 spiro atoms. The van der Waals surface area contributed by atoms with Crippen LogP contribution in [0.2, 0.25) is 0 Å². The smallest absolute Gasteiger partial charge is 0.320 e. The average molecular weight is 480 g/mol. The van der Waals surface area contributed by atoms with Gasteiger partial charge in [-0.05, 0) is 48.7 Å². The predicted molar refractivity (Wildman–Crippen MR) is 125 cm³/mol. The van der Waals surface area contributed by atoms with Gasteiger partial charge < -0.3 is 9.84 Å². The molecule has 2 atom stereocenters. The van der Waals surface area contributed by atoms with Crippen molar-refractivity contribution in [2.45, 2.75) is 38.0 Å². The van der Waals surface area contributed by atoms with Gasteiger partial charge in [0.15, 0.2) is 0 Å². The number of aliphatic carboxylic acids is 1. The Morgan fingerprint density at radius 2 is 1.81 bits per heavy atom. The molecule has 3 aromatic carbocycles. The van der Waals surface area contributed by atoms with Crippen molar-refractivity contribution in [2.75, 3.05) is 6.54 Å². The maximum atomic E-state index is 12.1. The van der Waals surface area contributed by atoms with Crippen molar-refractivity contribution in [3.05, 3.63) is 100 Å². The highest BCUT2D eigenvalue weighted by atomic mass is 79.9. The van der Waals surface area contributed by atoms with Crippen LogP contribution in [0.3, 0.4) is 0 Å². The van der Waals surface area contributed by atoms with Gasteiger partial charge in [0, 0.05) is 10.0 Å². The molecule has 0 aliphatic carbocycles. The zero-order chi connectivity index (χ0) is 21.6. The molecule has 1 fully saturated rings. The molecule has 5 heteroatoms. The van der Waals surface area contributed by atoms with E-state index in [2.05, 4.69) is 39.0 Å². The number of hydrogen-bond donors (Lipinski definition) is 1. The highest BCUT2D eigenvalue weighted by molar-refractivity contribution is 9.10. The molecule has 1 N–H and O–H groups in total. The molecule has 1 saturated heterocycles. The van der Waals surface area contributed by atoms with Crippen LogP contribution in [0.4, 0.5) is 0 Å². The summed E-state index contributed by atoms with van der Waals surface area (Å²) < 4.78 is 7.23. The second kappa shape index (κ2) is 10.1. The first-order valence-corrected chi connectivity index (χ1v) is 11.4. The van der Waals surface area contributed by atoms with Crippen LogP contribution in [-0.2, 0) is 11.4 Å². The van der Waals surface area contributed by atoms with Crippen LogP contribution in [0, 0.1) is 0 Å². The van der Waals surface area contributed by atoms with Gasteiger partial charge in [0.25, 0.3) is 0 Å². The van der Waals surface area contributed by atoms with Crippen molar-refractivity contribution in [2.24, 2.45) is 0 Å². The van der Waals surface area contributed by atoms with Crippen LogP contribution < -0.4 is 4.74 Å². The lowest BCUT2D eigenvalue weighted by Gasteiger charge is -2.40. The fourth-order valence-corrected chi connectivity index (χ4v) is 4.74. The molecule has 0 bridgehead atoms. The largest absolute Gasteiger partial charge is 0.489 e. The number of carbonyl (C=O) groups is 1. The quantitative estimate of drug-likeness (QED) is 0.447. The summed E-state index contributed by atoms with van der Waals surface area (Å²) in [6.07, 6.45) is 2.58. The predicted octanol–water partition coefficient (Wildman–Crippen LogP) is 6.06. The Morgan fingerprint density at radius 3 is 2.58 bits per heavy atom. The molecule has 4 rings (SSSR count). The van der Waals surface area contributed by atoms with Gasteiger partial charge in [-0.2, -0.15) is 0 Å². The lowest BCUT2D eigenvalue weighted by Crippen LogP contribution is -2.46. The lowest BCUT2D eigenvalue weighted by atomic mass is 9.91. The maximum Gasteiger partial charge on any atom is 0.320 e. The highest BCUT2D eigenvalue weighted by Gasteiger charge is 2.36. The Hall–Kier alpha value is -2.63. The Morgan fingerprint density at radius 1 is 1.03 bits per heavy atom. The van der Waals surface area contributed by atoms with E-state index >= 15 is 0 Å². The number of halogens is 1. The van der Waals surface area contributed by atoms with Crippen LogP contribution in [-0.4, -0.2) is 28.6 Å². The van der Waals surface area contributed by atoms with E-state index in [9.17, 15) is 9.90 Å². The van der Waals surface area contributed by atoms with E-state index < -0.39 is 12.0 Å². The molecule has 1 heterocycles. The number of carboxylic acid groups (broad SMARTS) is 1. The Labute approximate surface area is 191 Å². The minimum absolute atomic E-state index is 0.203. The molecule has 0 amide bonds. The first-order valence-electron chi connectivity index (χ1n) is 10.6. The molecule has 160 valence electrons. The van der Waals surface area contributed by atoms with Crippen molar-refractivity contribution in [1.29, 1.82) is 0 Å². The van der Waals surface area contributed by atoms with Gasteiger partial charge in [-0.25, -0.2) is 0 Å². The summed E-state index contributed by atoms with van der Waals surface area (Å²) in [5.41, 5.74) is 3.14. The van der Waals surface area contributed by atoms with Crippen molar-refractivity contribution in [3.8, 4) is 5.75 Å². The minimum atomic E-state index is -0.762. The minimum Gasteiger partial charge on any atom is -0.489 e. The van der Waals surface area contributed by atoms with Crippen molar-refractivity contribution in [3.63, 3.8) is 0 Å². The number of piperidine rings is 1. The number of nitrogens with zero attached hydrogens (tertiary/aromatic N) is 1. The molecule has 0 saturated carbocycles. The summed E-state index contributed by atoms with van der Waals surface area (Å²) >= 11 is 3.58. The third-order valence-corrected chi connectivity index (χ3v) is 6.27. The van der Waals surface area contributed by atoms with E-state index in [0.717, 1.165) is 46.3 Å². The van der Waals surface area contributed by atoms with Crippen molar-refractivity contribution in [1.82, 2.24) is 4.90 Å². The van der Waals surface area contributed by atoms with Crippen LogP contribution in [0.15, 0.2) is 83.3 Å². The number of ether oxygens (including phenoxy) is 1. The molecule has 0 aromatic heterocycles. The van der Waals surface area contributed by atoms with E-state index in [4.69, 9.17) is 4.74 Å². The van der Waals surface area contributed by atoms with Crippen LogP contribution >= 0.6 is 15.9 Å². The van der Waals surface area contributed by atoms with Crippen LogP contribution in [0.1, 0.15) is 42.0 Å². The summed E-state index contributed by atoms with van der Waals surface area (Å²) in [7, 11) is 0. The molecule has 4 nitrogen and oxygen atoms in total. The van der Waals surface area contributed by atoms with Gasteiger partial charge in [0.05, 0.1) is 6.04 Å². The number of para-hydroxylation sites is 1. The summed E-state index contributed by atoms with van der Waals surface area (Å²) in [6, 6.07) is 25.5. The number of rotatable bonds is 7. The number of benzene rings is 3. The summed E-state index contributed by atoms with van der Waals surface area (Å²) in [5, 5.41) is 9.95. The van der Waals surface area contributed by atoms with Gasteiger partial charge >= 0.3 is 5.97 Å². The molecule has 2 unspecified atom stereocenters. The van der Waals surface area contributed by atoms with Crippen molar-refractivity contribution < 1.29 is 14.6 Å². The van der Waals surface area contributed by atoms with Gasteiger partial charge in [-0.15, -0.1) is 0 Å². The highest BCUT2D eigenvalue weighted by Crippen LogP contribution is 2.39. The molecule has 31 heavy (non-hydrogen) atoms. The fourth-order valence-electron chi connectivity index (χ4n) is 4.33. The SMILES string of the molecule is O=C(O)C1CCCCN1C(c1cccc(Br)c1)c1ccccc1OCc1ccccc1. The summed E-state index contributed by atoms with van der Waals surface area (Å²) in [6.45, 7) is 1.20. The Bertz CT molecular complexity index is 1020. The third-order valence-electron chi connectivity index (χ3n) is 5.78. The van der Waals surface area contributed by atoms with Crippen molar-refractivity contribution >= 4 is 21.9 Å². The lowest BCUT2D eigenvalue weighted by molar-refractivity contribution is -0.145. The topological polar surface area (TPSA) is 49.8 Å². The first-order chi connectivity index (χ1) is 15.1. The van der Waals surface area contributed by atoms with E-state index in [1.807, 2.05) is 60.7 Å². The van der Waals surface area contributed by atoms with Crippen LogP contribution in [0.5, 0.6) is 5.75 Å². The van der Waals surface area contributed by atoms with Gasteiger partial charge in [-0.1, -0.05) is 83.0 Å². The fraction of sp³-hybridized carbons (Fsp3) is 0.269. The molecule has 3 aromatic rings. The standard InChI is InChI=1S/C26H26BrNO3/c27-21-12-8-11-20(17-21)25(28-16-7-6-14-23(28)26(29)30)22-13-4-5-15-24(22)31-18-19-9-2-1-3-10-19/h1-5,8-13,15,17,23,25H,6-7,14,16,18H2,(H,29,30).